The summed E-state index contributed by atoms with van der Waals surface area (Å²) < 4.78 is 0.701. The van der Waals surface area contributed by atoms with Crippen LogP contribution in [0.3, 0.4) is 0 Å². The maximum atomic E-state index is 4.20. The Kier molecular flexibility index (Phi) is 3.33. The Labute approximate surface area is 119 Å². The number of benzene rings is 2. The van der Waals surface area contributed by atoms with E-state index in [9.17, 15) is 0 Å². The van der Waals surface area contributed by atoms with E-state index in [4.69, 9.17) is 0 Å². The van der Waals surface area contributed by atoms with Gasteiger partial charge in [-0.25, -0.2) is 0 Å². The van der Waals surface area contributed by atoms with Gasteiger partial charge in [-0.15, -0.1) is 10.2 Å². The van der Waals surface area contributed by atoms with Gasteiger partial charge in [0.25, 0.3) is 0 Å². The molecule has 0 amide bonds. The maximum absolute atomic E-state index is 4.20. The molecule has 0 atom stereocenters. The maximum Gasteiger partial charge on any atom is 0.140 e. The average molecular weight is 312 g/mol. The van der Waals surface area contributed by atoms with E-state index in [1.54, 1.807) is 0 Å². The molecule has 0 aliphatic carbocycles. The van der Waals surface area contributed by atoms with Gasteiger partial charge in [-0.2, -0.15) is 0 Å². The molecule has 2 aromatic carbocycles. The molecule has 3 nitrogen and oxygen atoms in total. The zero-order chi connectivity index (χ0) is 13.1. The van der Waals surface area contributed by atoms with Crippen LogP contribution >= 0.6 is 15.9 Å². The highest BCUT2D eigenvalue weighted by Crippen LogP contribution is 2.33. The molecule has 0 saturated carbocycles. The van der Waals surface area contributed by atoms with Crippen LogP contribution < -0.4 is 0 Å². The van der Waals surface area contributed by atoms with Crippen LogP contribution in [-0.2, 0) is 0 Å². The highest BCUT2D eigenvalue weighted by atomic mass is 79.9. The van der Waals surface area contributed by atoms with Gasteiger partial charge in [-0.3, -0.25) is 0 Å². The summed E-state index contributed by atoms with van der Waals surface area (Å²) >= 11 is 3.47. The number of hydrogen-bond donors (Lipinski definition) is 0. The number of aromatic nitrogens is 3. The molecule has 0 saturated heterocycles. The van der Waals surface area contributed by atoms with Crippen LogP contribution in [0.1, 0.15) is 0 Å². The van der Waals surface area contributed by atoms with Crippen LogP contribution in [0.25, 0.3) is 22.4 Å². The smallest absolute Gasteiger partial charge is 0.129 e. The topological polar surface area (TPSA) is 38.7 Å². The van der Waals surface area contributed by atoms with Crippen molar-refractivity contribution in [1.29, 1.82) is 0 Å². The van der Waals surface area contributed by atoms with E-state index >= 15 is 0 Å². The molecule has 0 fully saturated rings. The van der Waals surface area contributed by atoms with E-state index in [1.807, 2.05) is 60.7 Å². The molecule has 3 aromatic rings. The summed E-state index contributed by atoms with van der Waals surface area (Å²) in [5.74, 6) is 0. The van der Waals surface area contributed by atoms with Crippen molar-refractivity contribution < 1.29 is 0 Å². The third-order valence-electron chi connectivity index (χ3n) is 2.83. The largest absolute Gasteiger partial charge is 0.140 e. The third-order valence-corrected chi connectivity index (χ3v) is 3.39. The van der Waals surface area contributed by atoms with Crippen molar-refractivity contribution in [3.8, 4) is 22.4 Å². The first kappa shape index (κ1) is 12.0. The molecule has 0 spiro atoms. The van der Waals surface area contributed by atoms with E-state index in [2.05, 4.69) is 31.3 Å². The van der Waals surface area contributed by atoms with Gasteiger partial charge in [0.05, 0.1) is 0 Å². The molecule has 0 bridgehead atoms. The Morgan fingerprint density at radius 1 is 0.684 bits per heavy atom. The monoisotopic (exact) mass is 311 g/mol. The first-order valence-corrected chi connectivity index (χ1v) is 6.65. The van der Waals surface area contributed by atoms with E-state index < -0.39 is 0 Å². The summed E-state index contributed by atoms with van der Waals surface area (Å²) in [6.07, 6.45) is 0. The Morgan fingerprint density at radius 2 is 1.26 bits per heavy atom. The lowest BCUT2D eigenvalue weighted by Crippen LogP contribution is -1.97. The molecule has 0 unspecified atom stereocenters. The van der Waals surface area contributed by atoms with Crippen molar-refractivity contribution in [2.45, 2.75) is 0 Å². The molecular weight excluding hydrogens is 302 g/mol. The third kappa shape index (κ3) is 2.39. The minimum absolute atomic E-state index is 0.701. The summed E-state index contributed by atoms with van der Waals surface area (Å²) in [5, 5.41) is 12.0. The first-order chi connectivity index (χ1) is 9.36. The van der Waals surface area contributed by atoms with E-state index in [0.717, 1.165) is 22.4 Å². The van der Waals surface area contributed by atoms with Crippen LogP contribution in [0.4, 0.5) is 0 Å². The molecule has 4 heteroatoms. The second-order valence-electron chi connectivity index (χ2n) is 4.04. The number of halogens is 1. The Hall–Kier alpha value is -2.07. The van der Waals surface area contributed by atoms with Crippen molar-refractivity contribution >= 4 is 15.9 Å². The second-order valence-corrected chi connectivity index (χ2v) is 4.79. The van der Waals surface area contributed by atoms with Gasteiger partial charge < -0.3 is 0 Å². The fourth-order valence-corrected chi connectivity index (χ4v) is 2.45. The lowest BCUT2D eigenvalue weighted by atomic mass is 10.0. The summed E-state index contributed by atoms with van der Waals surface area (Å²) in [5.41, 5.74) is 3.88. The van der Waals surface area contributed by atoms with Crippen molar-refractivity contribution in [3.63, 3.8) is 0 Å². The van der Waals surface area contributed by atoms with E-state index in [1.165, 1.54) is 0 Å². The van der Waals surface area contributed by atoms with Crippen molar-refractivity contribution in [2.75, 3.05) is 0 Å². The predicted molar refractivity (Wildman–Crippen MR) is 78.4 cm³/mol. The summed E-state index contributed by atoms with van der Waals surface area (Å²) in [6.45, 7) is 0. The number of nitrogens with zero attached hydrogens (tertiary/aromatic N) is 3. The van der Waals surface area contributed by atoms with E-state index in [0.29, 0.717) is 4.60 Å². The fraction of sp³-hybridized carbons (Fsp3) is 0. The summed E-state index contributed by atoms with van der Waals surface area (Å²) in [6, 6.07) is 20.0. The van der Waals surface area contributed by atoms with E-state index in [-0.39, 0.29) is 0 Å². The minimum atomic E-state index is 0.701. The van der Waals surface area contributed by atoms with Crippen molar-refractivity contribution in [3.05, 3.63) is 65.3 Å². The SMILES string of the molecule is Brc1nnnc(-c2ccccc2)c1-c1ccccc1. The molecule has 92 valence electrons. The Bertz CT molecular complexity index is 684. The van der Waals surface area contributed by atoms with Gasteiger partial charge in [0.15, 0.2) is 0 Å². The molecule has 1 aromatic heterocycles. The molecule has 0 radical (unpaired) electrons. The first-order valence-electron chi connectivity index (χ1n) is 5.86. The molecule has 0 N–H and O–H groups in total. The quantitative estimate of drug-likeness (QED) is 0.719. The normalized spacial score (nSPS) is 10.4. The molecule has 0 aliphatic heterocycles. The minimum Gasteiger partial charge on any atom is -0.129 e. The fourth-order valence-electron chi connectivity index (χ4n) is 1.96. The lowest BCUT2D eigenvalue weighted by Gasteiger charge is -2.09. The Balaban J connectivity index is 2.25. The van der Waals surface area contributed by atoms with Gasteiger partial charge in [0.1, 0.15) is 10.3 Å². The van der Waals surface area contributed by atoms with Gasteiger partial charge in [-0.05, 0) is 26.7 Å². The zero-order valence-corrected chi connectivity index (χ0v) is 11.6. The molecular formula is C15H10BrN3. The van der Waals surface area contributed by atoms with Crippen LogP contribution in [0.5, 0.6) is 0 Å². The van der Waals surface area contributed by atoms with Gasteiger partial charge in [0.2, 0.25) is 0 Å². The van der Waals surface area contributed by atoms with Crippen LogP contribution in [0.15, 0.2) is 65.3 Å². The highest BCUT2D eigenvalue weighted by Gasteiger charge is 2.14. The van der Waals surface area contributed by atoms with Gasteiger partial charge in [0, 0.05) is 11.1 Å². The molecule has 3 rings (SSSR count). The van der Waals surface area contributed by atoms with Crippen LogP contribution in [-0.4, -0.2) is 15.4 Å². The Morgan fingerprint density at radius 3 is 1.89 bits per heavy atom. The van der Waals surface area contributed by atoms with Crippen molar-refractivity contribution in [2.24, 2.45) is 0 Å². The average Bonchev–Trinajstić information content (AvgIpc) is 2.49. The summed E-state index contributed by atoms with van der Waals surface area (Å²) in [7, 11) is 0. The summed E-state index contributed by atoms with van der Waals surface area (Å²) in [4.78, 5) is 0. The zero-order valence-electron chi connectivity index (χ0n) is 9.99. The molecule has 0 aliphatic rings. The molecule has 1 heterocycles. The lowest BCUT2D eigenvalue weighted by molar-refractivity contribution is 0.858. The van der Waals surface area contributed by atoms with Crippen molar-refractivity contribution in [1.82, 2.24) is 15.4 Å². The molecule has 19 heavy (non-hydrogen) atoms. The van der Waals surface area contributed by atoms with Gasteiger partial charge >= 0.3 is 0 Å². The number of rotatable bonds is 2. The highest BCUT2D eigenvalue weighted by molar-refractivity contribution is 9.10. The standard InChI is InChI=1S/C15H10BrN3/c16-15-13(11-7-3-1-4-8-11)14(17-19-18-15)12-9-5-2-6-10-12/h1-10H. The second kappa shape index (κ2) is 5.28. The number of hydrogen-bond acceptors (Lipinski definition) is 3. The van der Waals surface area contributed by atoms with Gasteiger partial charge in [-0.1, -0.05) is 60.7 Å². The van der Waals surface area contributed by atoms with Crippen LogP contribution in [0, 0.1) is 0 Å². The van der Waals surface area contributed by atoms with Crippen LogP contribution in [0.2, 0.25) is 0 Å². The predicted octanol–water partition coefficient (Wildman–Crippen LogP) is 3.97.